The fourth-order valence-electron chi connectivity index (χ4n) is 1.91. The van der Waals surface area contributed by atoms with E-state index in [1.807, 2.05) is 52.0 Å². The molecule has 0 spiro atoms. The van der Waals surface area contributed by atoms with Crippen LogP contribution in [-0.2, 0) is 9.31 Å². The second kappa shape index (κ2) is 4.64. The predicted octanol–water partition coefficient (Wildman–Crippen LogP) is 3.08. The number of benzene rings is 1. The van der Waals surface area contributed by atoms with Crippen LogP contribution in [0.1, 0.15) is 39.2 Å². The standard InChI is InChI=1S/C13H19BBrNO2/c1-12(2)13(3,4)18-14(17-12)11(16)9-6-5-7-10(15)8-9/h5-8,11H,16H2,1-4H3/t11-/m1/s1. The lowest BCUT2D eigenvalue weighted by Crippen LogP contribution is -2.41. The number of rotatable bonds is 2. The van der Waals surface area contributed by atoms with Gasteiger partial charge in [0.05, 0.1) is 17.1 Å². The molecule has 5 heteroatoms. The number of hydrogen-bond acceptors (Lipinski definition) is 3. The van der Waals surface area contributed by atoms with E-state index < -0.39 is 7.12 Å². The Labute approximate surface area is 117 Å². The van der Waals surface area contributed by atoms with Crippen molar-refractivity contribution in [1.29, 1.82) is 0 Å². The van der Waals surface area contributed by atoms with Crippen LogP contribution in [0.25, 0.3) is 0 Å². The van der Waals surface area contributed by atoms with Crippen molar-refractivity contribution in [2.75, 3.05) is 0 Å². The fraction of sp³-hybridized carbons (Fsp3) is 0.538. The first-order chi connectivity index (χ1) is 8.23. The molecule has 0 radical (unpaired) electrons. The highest BCUT2D eigenvalue weighted by atomic mass is 79.9. The zero-order valence-electron chi connectivity index (χ0n) is 11.2. The Balaban J connectivity index is 2.20. The van der Waals surface area contributed by atoms with Crippen molar-refractivity contribution in [3.8, 4) is 0 Å². The van der Waals surface area contributed by atoms with E-state index in [0.717, 1.165) is 10.0 Å². The molecule has 1 atom stereocenters. The van der Waals surface area contributed by atoms with Crippen LogP contribution in [-0.4, -0.2) is 18.3 Å². The molecule has 0 bridgehead atoms. The Kier molecular flexibility index (Phi) is 3.62. The van der Waals surface area contributed by atoms with E-state index in [1.165, 1.54) is 0 Å². The van der Waals surface area contributed by atoms with Crippen molar-refractivity contribution < 1.29 is 9.31 Å². The summed E-state index contributed by atoms with van der Waals surface area (Å²) in [4.78, 5) is 0. The molecule has 18 heavy (non-hydrogen) atoms. The van der Waals surface area contributed by atoms with Gasteiger partial charge in [-0.15, -0.1) is 0 Å². The molecule has 2 N–H and O–H groups in total. The molecule has 1 saturated heterocycles. The molecule has 0 aliphatic carbocycles. The average Bonchev–Trinajstić information content (AvgIpc) is 2.47. The smallest absolute Gasteiger partial charge is 0.402 e. The summed E-state index contributed by atoms with van der Waals surface area (Å²) in [7, 11) is -0.413. The van der Waals surface area contributed by atoms with Gasteiger partial charge in [-0.2, -0.15) is 0 Å². The number of nitrogens with two attached hydrogens (primary N) is 1. The van der Waals surface area contributed by atoms with E-state index in [9.17, 15) is 0 Å². The zero-order valence-corrected chi connectivity index (χ0v) is 12.8. The first-order valence-electron chi connectivity index (χ1n) is 6.10. The van der Waals surface area contributed by atoms with E-state index in [0.29, 0.717) is 0 Å². The second-order valence-corrected chi connectivity index (χ2v) is 6.62. The summed E-state index contributed by atoms with van der Waals surface area (Å²) >= 11 is 3.45. The molecular weight excluding hydrogens is 293 g/mol. The van der Waals surface area contributed by atoms with E-state index in [2.05, 4.69) is 15.9 Å². The maximum Gasteiger partial charge on any atom is 0.480 e. The van der Waals surface area contributed by atoms with Gasteiger partial charge in [0.1, 0.15) is 0 Å². The Morgan fingerprint density at radius 2 is 1.72 bits per heavy atom. The van der Waals surface area contributed by atoms with Crippen molar-refractivity contribution in [3.63, 3.8) is 0 Å². The second-order valence-electron chi connectivity index (χ2n) is 5.71. The van der Waals surface area contributed by atoms with Crippen LogP contribution in [0.3, 0.4) is 0 Å². The summed E-state index contributed by atoms with van der Waals surface area (Å²) in [5, 5.41) is 0. The van der Waals surface area contributed by atoms with Crippen LogP contribution in [0.2, 0.25) is 0 Å². The van der Waals surface area contributed by atoms with Gasteiger partial charge in [-0.25, -0.2) is 0 Å². The molecule has 0 aromatic heterocycles. The largest absolute Gasteiger partial charge is 0.480 e. The van der Waals surface area contributed by atoms with Gasteiger partial charge in [0, 0.05) is 4.47 Å². The van der Waals surface area contributed by atoms with Gasteiger partial charge in [0.2, 0.25) is 0 Å². The van der Waals surface area contributed by atoms with Gasteiger partial charge in [-0.3, -0.25) is 0 Å². The lowest BCUT2D eigenvalue weighted by molar-refractivity contribution is 0.00578. The topological polar surface area (TPSA) is 44.5 Å². The SMILES string of the molecule is CC1(C)OB([C@H](N)c2cccc(Br)c2)OC1(C)C. The van der Waals surface area contributed by atoms with Gasteiger partial charge in [0.25, 0.3) is 0 Å². The zero-order chi connectivity index (χ0) is 13.6. The summed E-state index contributed by atoms with van der Waals surface area (Å²) in [5.74, 6) is -0.288. The lowest BCUT2D eigenvalue weighted by atomic mass is 9.75. The van der Waals surface area contributed by atoms with Crippen LogP contribution in [0.15, 0.2) is 28.7 Å². The molecule has 0 amide bonds. The first-order valence-corrected chi connectivity index (χ1v) is 6.89. The molecule has 3 nitrogen and oxygen atoms in total. The van der Waals surface area contributed by atoms with Crippen LogP contribution in [0, 0.1) is 0 Å². The highest BCUT2D eigenvalue weighted by molar-refractivity contribution is 9.10. The minimum Gasteiger partial charge on any atom is -0.402 e. The molecule has 1 aromatic rings. The third kappa shape index (κ3) is 2.50. The fourth-order valence-corrected chi connectivity index (χ4v) is 2.32. The quantitative estimate of drug-likeness (QED) is 0.854. The summed E-state index contributed by atoms with van der Waals surface area (Å²) in [5.41, 5.74) is 6.55. The normalized spacial score (nSPS) is 23.1. The summed E-state index contributed by atoms with van der Waals surface area (Å²) in [6, 6.07) is 7.92. The Morgan fingerprint density at radius 1 is 1.17 bits per heavy atom. The number of halogens is 1. The molecule has 1 aromatic carbocycles. The van der Waals surface area contributed by atoms with Gasteiger partial charge < -0.3 is 15.0 Å². The third-order valence-electron chi connectivity index (χ3n) is 3.80. The van der Waals surface area contributed by atoms with Crippen molar-refractivity contribution >= 4 is 23.0 Å². The Bertz CT molecular complexity index is 434. The van der Waals surface area contributed by atoms with Crippen LogP contribution < -0.4 is 5.73 Å². The van der Waals surface area contributed by atoms with Crippen LogP contribution >= 0.6 is 15.9 Å². The molecule has 1 heterocycles. The van der Waals surface area contributed by atoms with Gasteiger partial charge in [0.15, 0.2) is 0 Å². The minimum atomic E-state index is -0.413. The highest BCUT2D eigenvalue weighted by Gasteiger charge is 2.53. The summed E-state index contributed by atoms with van der Waals surface area (Å²) < 4.78 is 12.9. The van der Waals surface area contributed by atoms with E-state index in [1.54, 1.807) is 0 Å². The minimum absolute atomic E-state index is 0.288. The molecule has 1 fully saturated rings. The van der Waals surface area contributed by atoms with Crippen LogP contribution in [0.4, 0.5) is 0 Å². The molecule has 0 saturated carbocycles. The molecule has 2 rings (SSSR count). The molecular formula is C13H19BBrNO2. The molecule has 98 valence electrons. The van der Waals surface area contributed by atoms with Gasteiger partial charge in [-0.05, 0) is 45.4 Å². The monoisotopic (exact) mass is 311 g/mol. The number of hydrogen-bond donors (Lipinski definition) is 1. The molecule has 1 aliphatic heterocycles. The van der Waals surface area contributed by atoms with Crippen molar-refractivity contribution in [2.45, 2.75) is 44.8 Å². The van der Waals surface area contributed by atoms with Crippen molar-refractivity contribution in [3.05, 3.63) is 34.3 Å². The maximum absolute atomic E-state index is 6.24. The van der Waals surface area contributed by atoms with Crippen LogP contribution in [0.5, 0.6) is 0 Å². The van der Waals surface area contributed by atoms with E-state index in [4.69, 9.17) is 15.0 Å². The van der Waals surface area contributed by atoms with Gasteiger partial charge in [-0.1, -0.05) is 28.1 Å². The predicted molar refractivity (Wildman–Crippen MR) is 77.2 cm³/mol. The average molecular weight is 312 g/mol. The first kappa shape index (κ1) is 14.1. The molecule has 0 unspecified atom stereocenters. The summed E-state index contributed by atoms with van der Waals surface area (Å²) in [6.07, 6.45) is 0. The summed E-state index contributed by atoms with van der Waals surface area (Å²) in [6.45, 7) is 8.11. The molecule has 1 aliphatic rings. The van der Waals surface area contributed by atoms with E-state index >= 15 is 0 Å². The highest BCUT2D eigenvalue weighted by Crippen LogP contribution is 2.39. The Hall–Kier alpha value is -0.355. The third-order valence-corrected chi connectivity index (χ3v) is 4.29. The lowest BCUT2D eigenvalue weighted by Gasteiger charge is -2.32. The maximum atomic E-state index is 6.24. The van der Waals surface area contributed by atoms with Crippen molar-refractivity contribution in [2.24, 2.45) is 5.73 Å². The van der Waals surface area contributed by atoms with E-state index in [-0.39, 0.29) is 17.1 Å². The van der Waals surface area contributed by atoms with Gasteiger partial charge >= 0.3 is 7.12 Å². The Morgan fingerprint density at radius 3 is 2.22 bits per heavy atom. The van der Waals surface area contributed by atoms with Crippen molar-refractivity contribution in [1.82, 2.24) is 0 Å².